The number of benzene rings is 2. The Kier molecular flexibility index (Phi) is 6.15. The molecule has 0 fully saturated rings. The van der Waals surface area contributed by atoms with Crippen molar-refractivity contribution in [2.24, 2.45) is 4.99 Å². The van der Waals surface area contributed by atoms with Crippen LogP contribution in [0.25, 0.3) is 10.8 Å². The van der Waals surface area contributed by atoms with Gasteiger partial charge in [-0.25, -0.2) is 4.39 Å². The number of fused-ring (bicyclic) bond motifs is 1. The molecule has 1 unspecified atom stereocenters. The zero-order chi connectivity index (χ0) is 23.7. The van der Waals surface area contributed by atoms with E-state index in [0.717, 1.165) is 12.1 Å². The first-order valence-corrected chi connectivity index (χ1v) is 9.67. The minimum absolute atomic E-state index is 0.0948. The molecule has 0 spiro atoms. The summed E-state index contributed by atoms with van der Waals surface area (Å²) in [6, 6.07) is 9.50. The number of aromatic amines is 1. The second-order valence-electron chi connectivity index (χ2n) is 8.13. The third-order valence-electron chi connectivity index (χ3n) is 5.30. The molecule has 2 aromatic carbocycles. The van der Waals surface area contributed by atoms with Gasteiger partial charge in [-0.2, -0.15) is 13.2 Å². The molecule has 3 rings (SSSR count). The number of ether oxygens (including phenoxy) is 1. The molecule has 5 nitrogen and oxygen atoms in total. The zero-order valence-electron chi connectivity index (χ0n) is 17.6. The smallest absolute Gasteiger partial charge is 0.422 e. The molecule has 1 aromatic heterocycles. The number of methoxy groups -OCH3 is 1. The summed E-state index contributed by atoms with van der Waals surface area (Å²) < 4.78 is 61.0. The molecular formula is C23H22F4N2O3. The number of nitrogens with one attached hydrogen (secondary N) is 1. The van der Waals surface area contributed by atoms with Gasteiger partial charge in [0.2, 0.25) is 0 Å². The second-order valence-corrected chi connectivity index (χ2v) is 8.13. The summed E-state index contributed by atoms with van der Waals surface area (Å²) >= 11 is 0. The molecule has 0 aliphatic rings. The van der Waals surface area contributed by atoms with Gasteiger partial charge >= 0.3 is 6.18 Å². The van der Waals surface area contributed by atoms with E-state index in [9.17, 15) is 27.5 Å². The van der Waals surface area contributed by atoms with Gasteiger partial charge in [-0.15, -0.1) is 0 Å². The summed E-state index contributed by atoms with van der Waals surface area (Å²) in [6.07, 6.45) is -4.13. The molecule has 0 aliphatic heterocycles. The van der Waals surface area contributed by atoms with Crippen LogP contribution in [0.5, 0.6) is 5.75 Å². The lowest BCUT2D eigenvalue weighted by molar-refractivity contribution is -0.234. The van der Waals surface area contributed by atoms with Crippen molar-refractivity contribution in [3.63, 3.8) is 0 Å². The summed E-state index contributed by atoms with van der Waals surface area (Å²) in [5.41, 5.74) is -4.83. The second kappa shape index (κ2) is 8.38. The van der Waals surface area contributed by atoms with E-state index in [2.05, 4.69) is 9.98 Å². The Morgan fingerprint density at radius 2 is 1.84 bits per heavy atom. The van der Waals surface area contributed by atoms with Gasteiger partial charge in [0, 0.05) is 28.7 Å². The van der Waals surface area contributed by atoms with Crippen LogP contribution in [0.3, 0.4) is 0 Å². The van der Waals surface area contributed by atoms with Crippen LogP contribution >= 0.6 is 0 Å². The lowest BCUT2D eigenvalue weighted by Crippen LogP contribution is -2.50. The van der Waals surface area contributed by atoms with Gasteiger partial charge in [0.05, 0.1) is 12.8 Å². The molecule has 9 heteroatoms. The minimum atomic E-state index is -5.07. The number of nitrogens with zero attached hydrogens (tertiary/aromatic N) is 1. The van der Waals surface area contributed by atoms with Crippen molar-refractivity contribution in [1.82, 2.24) is 4.98 Å². The maximum atomic E-state index is 14.0. The predicted octanol–water partition coefficient (Wildman–Crippen LogP) is 5.04. The third kappa shape index (κ3) is 4.52. The van der Waals surface area contributed by atoms with Crippen LogP contribution in [0.4, 0.5) is 23.2 Å². The van der Waals surface area contributed by atoms with Crippen LogP contribution in [0.2, 0.25) is 0 Å². The Balaban J connectivity index is 2.06. The number of H-pyrrole nitrogens is 1. The first-order valence-electron chi connectivity index (χ1n) is 9.67. The van der Waals surface area contributed by atoms with Crippen molar-refractivity contribution in [3.8, 4) is 5.75 Å². The van der Waals surface area contributed by atoms with Crippen LogP contribution in [-0.2, 0) is 5.41 Å². The first kappa shape index (κ1) is 23.5. The summed E-state index contributed by atoms with van der Waals surface area (Å²) in [6.45, 7) is 2.90. The first-order chi connectivity index (χ1) is 14.9. The molecule has 170 valence electrons. The summed E-state index contributed by atoms with van der Waals surface area (Å²) in [4.78, 5) is 18.3. The maximum Gasteiger partial charge on any atom is 0.422 e. The molecule has 3 aromatic rings. The molecule has 0 bridgehead atoms. The minimum Gasteiger partial charge on any atom is -0.496 e. The number of halogens is 4. The molecule has 2 N–H and O–H groups in total. The number of hydrogen-bond donors (Lipinski definition) is 2. The van der Waals surface area contributed by atoms with E-state index in [1.807, 2.05) is 0 Å². The van der Waals surface area contributed by atoms with Crippen molar-refractivity contribution < 1.29 is 27.4 Å². The molecule has 0 saturated heterocycles. The Bertz CT molecular complexity index is 1220. The summed E-state index contributed by atoms with van der Waals surface area (Å²) in [7, 11) is 1.33. The van der Waals surface area contributed by atoms with Gasteiger partial charge in [-0.1, -0.05) is 19.9 Å². The highest BCUT2D eigenvalue weighted by Gasteiger charge is 2.55. The SMILES string of the molecule is COc1ccc(F)cc1C(C)(C)CC(O)(/C=N/c1cccc2c(=O)[nH]ccc12)C(F)(F)F. The maximum absolute atomic E-state index is 14.0. The average molecular weight is 450 g/mol. The number of hydrogen-bond acceptors (Lipinski definition) is 4. The van der Waals surface area contributed by atoms with E-state index in [1.165, 1.54) is 57.5 Å². The fourth-order valence-corrected chi connectivity index (χ4v) is 3.69. The fourth-order valence-electron chi connectivity index (χ4n) is 3.69. The zero-order valence-corrected chi connectivity index (χ0v) is 17.6. The molecule has 32 heavy (non-hydrogen) atoms. The predicted molar refractivity (Wildman–Crippen MR) is 114 cm³/mol. The molecule has 0 amide bonds. The Morgan fingerprint density at radius 3 is 2.50 bits per heavy atom. The van der Waals surface area contributed by atoms with Gasteiger partial charge in [0.15, 0.2) is 5.60 Å². The number of aromatic nitrogens is 1. The number of rotatable bonds is 6. The summed E-state index contributed by atoms with van der Waals surface area (Å²) in [5.74, 6) is -0.440. The van der Waals surface area contributed by atoms with E-state index < -0.39 is 35.0 Å². The van der Waals surface area contributed by atoms with Crippen LogP contribution in [-0.4, -0.2) is 35.2 Å². The van der Waals surface area contributed by atoms with Crippen LogP contribution < -0.4 is 10.3 Å². The quantitative estimate of drug-likeness (QED) is 0.408. The topological polar surface area (TPSA) is 74.7 Å². The molecule has 0 radical (unpaired) electrons. The molecule has 1 heterocycles. The van der Waals surface area contributed by atoms with Crippen LogP contribution in [0.1, 0.15) is 25.8 Å². The molecular weight excluding hydrogens is 428 g/mol. The number of aliphatic hydroxyl groups is 1. The van der Waals surface area contributed by atoms with E-state index in [1.54, 1.807) is 0 Å². The molecule has 1 atom stereocenters. The normalized spacial score (nSPS) is 14.6. The van der Waals surface area contributed by atoms with Crippen molar-refractivity contribution in [2.45, 2.75) is 37.5 Å². The van der Waals surface area contributed by atoms with E-state index in [0.29, 0.717) is 11.6 Å². The Morgan fingerprint density at radius 1 is 1.12 bits per heavy atom. The van der Waals surface area contributed by atoms with E-state index in [4.69, 9.17) is 4.74 Å². The standard InChI is InChI=1S/C23H22F4N2O3/c1-21(2,17-11-14(24)7-8-19(17)32-3)12-22(31,23(25,26)27)13-29-18-6-4-5-16-15(18)9-10-28-20(16)30/h4-11,13,31H,12H2,1-3H3,(H,28,30)/b29-13+. The van der Waals surface area contributed by atoms with Crippen LogP contribution in [0, 0.1) is 5.82 Å². The number of pyridine rings is 1. The van der Waals surface area contributed by atoms with Crippen molar-refractivity contribution in [2.75, 3.05) is 7.11 Å². The van der Waals surface area contributed by atoms with Gasteiger partial charge in [-0.3, -0.25) is 9.79 Å². The van der Waals surface area contributed by atoms with Gasteiger partial charge < -0.3 is 14.8 Å². The largest absolute Gasteiger partial charge is 0.496 e. The van der Waals surface area contributed by atoms with E-state index in [-0.39, 0.29) is 22.4 Å². The lowest BCUT2D eigenvalue weighted by Gasteiger charge is -2.36. The van der Waals surface area contributed by atoms with Crippen molar-refractivity contribution in [3.05, 3.63) is 70.4 Å². The fraction of sp³-hybridized carbons (Fsp3) is 0.304. The number of aliphatic imine (C=N–C) groups is 1. The number of alkyl halides is 3. The highest BCUT2D eigenvalue weighted by atomic mass is 19.4. The van der Waals surface area contributed by atoms with Gasteiger partial charge in [0.1, 0.15) is 11.6 Å². The van der Waals surface area contributed by atoms with Gasteiger partial charge in [-0.05, 0) is 48.2 Å². The molecule has 0 aliphatic carbocycles. The van der Waals surface area contributed by atoms with Crippen molar-refractivity contribution in [1.29, 1.82) is 0 Å². The Hall–Kier alpha value is -3.20. The van der Waals surface area contributed by atoms with Crippen LogP contribution in [0.15, 0.2) is 58.4 Å². The Labute approximate surface area is 181 Å². The highest BCUT2D eigenvalue weighted by molar-refractivity contribution is 5.93. The van der Waals surface area contributed by atoms with Gasteiger partial charge in [0.25, 0.3) is 5.56 Å². The third-order valence-corrected chi connectivity index (χ3v) is 5.30. The monoisotopic (exact) mass is 450 g/mol. The lowest BCUT2D eigenvalue weighted by atomic mass is 9.74. The average Bonchev–Trinajstić information content (AvgIpc) is 2.71. The molecule has 0 saturated carbocycles. The highest BCUT2D eigenvalue weighted by Crippen LogP contribution is 2.43. The van der Waals surface area contributed by atoms with E-state index >= 15 is 0 Å². The van der Waals surface area contributed by atoms with Crippen molar-refractivity contribution >= 4 is 22.7 Å². The summed E-state index contributed by atoms with van der Waals surface area (Å²) in [5, 5.41) is 11.3.